The standard InChI is InChI=1S/C18H19ClN4O2/c1-12-4-2-7-21-16(12)22-17(24)14-5-3-9-23(11-14)18(25)13-6-8-20-15(19)10-13/h2,4,6-8,10,14H,3,5,9,11H2,1H3,(H,21,22,24). The average molecular weight is 359 g/mol. The molecule has 7 heteroatoms. The number of aryl methyl sites for hydroxylation is 1. The number of aromatic nitrogens is 2. The summed E-state index contributed by atoms with van der Waals surface area (Å²) in [6, 6.07) is 6.90. The van der Waals surface area contributed by atoms with Crippen LogP contribution in [0.1, 0.15) is 28.8 Å². The van der Waals surface area contributed by atoms with Gasteiger partial charge < -0.3 is 10.2 Å². The zero-order valence-corrected chi connectivity index (χ0v) is 14.7. The molecule has 0 saturated carbocycles. The van der Waals surface area contributed by atoms with E-state index in [0.29, 0.717) is 24.5 Å². The van der Waals surface area contributed by atoms with E-state index in [1.165, 1.54) is 6.20 Å². The van der Waals surface area contributed by atoms with E-state index in [1.54, 1.807) is 23.2 Å². The monoisotopic (exact) mass is 358 g/mol. The first-order valence-electron chi connectivity index (χ1n) is 8.18. The number of nitrogens with one attached hydrogen (secondary N) is 1. The first-order valence-corrected chi connectivity index (χ1v) is 8.55. The molecule has 2 aromatic heterocycles. The number of hydrogen-bond donors (Lipinski definition) is 1. The van der Waals surface area contributed by atoms with Crippen LogP contribution in [0.4, 0.5) is 5.82 Å². The van der Waals surface area contributed by atoms with Crippen LogP contribution in [0.2, 0.25) is 5.15 Å². The summed E-state index contributed by atoms with van der Waals surface area (Å²) in [4.78, 5) is 35.0. The molecule has 25 heavy (non-hydrogen) atoms. The van der Waals surface area contributed by atoms with Crippen molar-refractivity contribution in [2.45, 2.75) is 19.8 Å². The molecule has 0 radical (unpaired) electrons. The van der Waals surface area contributed by atoms with Gasteiger partial charge in [0.15, 0.2) is 0 Å². The molecule has 130 valence electrons. The van der Waals surface area contributed by atoms with Crippen LogP contribution in [0.5, 0.6) is 0 Å². The third-order valence-electron chi connectivity index (χ3n) is 4.30. The predicted molar refractivity (Wildman–Crippen MR) is 95.5 cm³/mol. The summed E-state index contributed by atoms with van der Waals surface area (Å²) < 4.78 is 0. The number of anilines is 1. The van der Waals surface area contributed by atoms with Crippen molar-refractivity contribution >= 4 is 29.2 Å². The van der Waals surface area contributed by atoms with Gasteiger partial charge in [0.25, 0.3) is 5.91 Å². The van der Waals surface area contributed by atoms with Crippen LogP contribution in [0.3, 0.4) is 0 Å². The Hall–Kier alpha value is -2.47. The van der Waals surface area contributed by atoms with E-state index in [4.69, 9.17) is 11.6 Å². The maximum atomic E-state index is 12.6. The van der Waals surface area contributed by atoms with Crippen LogP contribution in [0.25, 0.3) is 0 Å². The van der Waals surface area contributed by atoms with Gasteiger partial charge in [-0.25, -0.2) is 9.97 Å². The molecule has 0 aromatic carbocycles. The summed E-state index contributed by atoms with van der Waals surface area (Å²) >= 11 is 5.86. The molecule has 0 aliphatic carbocycles. The number of amides is 2. The highest BCUT2D eigenvalue weighted by molar-refractivity contribution is 6.29. The summed E-state index contributed by atoms with van der Waals surface area (Å²) in [7, 11) is 0. The van der Waals surface area contributed by atoms with Gasteiger partial charge in [-0.1, -0.05) is 17.7 Å². The molecule has 1 aliphatic rings. The van der Waals surface area contributed by atoms with Gasteiger partial charge in [0.2, 0.25) is 5.91 Å². The van der Waals surface area contributed by atoms with Crippen LogP contribution in [-0.4, -0.2) is 39.8 Å². The van der Waals surface area contributed by atoms with E-state index in [2.05, 4.69) is 15.3 Å². The molecule has 3 rings (SSSR count). The first-order chi connectivity index (χ1) is 12.0. The van der Waals surface area contributed by atoms with Crippen molar-refractivity contribution in [1.82, 2.24) is 14.9 Å². The van der Waals surface area contributed by atoms with Gasteiger partial charge in [-0.3, -0.25) is 9.59 Å². The lowest BCUT2D eigenvalue weighted by Gasteiger charge is -2.32. The lowest BCUT2D eigenvalue weighted by atomic mass is 9.96. The van der Waals surface area contributed by atoms with E-state index in [0.717, 1.165) is 18.4 Å². The lowest BCUT2D eigenvalue weighted by molar-refractivity contribution is -0.121. The third kappa shape index (κ3) is 4.14. The summed E-state index contributed by atoms with van der Waals surface area (Å²) in [5.74, 6) is 0.0798. The Morgan fingerprint density at radius 1 is 1.28 bits per heavy atom. The van der Waals surface area contributed by atoms with Crippen LogP contribution in [0.15, 0.2) is 36.7 Å². The molecule has 6 nitrogen and oxygen atoms in total. The third-order valence-corrected chi connectivity index (χ3v) is 4.51. The van der Waals surface area contributed by atoms with E-state index in [1.807, 2.05) is 19.1 Å². The Bertz CT molecular complexity index is 796. The summed E-state index contributed by atoms with van der Waals surface area (Å²) in [6.07, 6.45) is 4.68. The second-order valence-corrected chi connectivity index (χ2v) is 6.50. The summed E-state index contributed by atoms with van der Waals surface area (Å²) in [5, 5.41) is 3.15. The molecule has 1 aliphatic heterocycles. The van der Waals surface area contributed by atoms with Crippen LogP contribution in [-0.2, 0) is 4.79 Å². The minimum Gasteiger partial charge on any atom is -0.338 e. The Kier molecular flexibility index (Phi) is 5.28. The topological polar surface area (TPSA) is 75.2 Å². The van der Waals surface area contributed by atoms with Gasteiger partial charge in [0, 0.05) is 31.0 Å². The molecule has 1 atom stereocenters. The number of piperidine rings is 1. The normalized spacial score (nSPS) is 17.2. The highest BCUT2D eigenvalue weighted by Crippen LogP contribution is 2.21. The maximum Gasteiger partial charge on any atom is 0.254 e. The Morgan fingerprint density at radius 2 is 2.12 bits per heavy atom. The lowest BCUT2D eigenvalue weighted by Crippen LogP contribution is -2.43. The fourth-order valence-corrected chi connectivity index (χ4v) is 3.10. The van der Waals surface area contributed by atoms with Gasteiger partial charge in [-0.05, 0) is 43.5 Å². The first kappa shape index (κ1) is 17.4. The van der Waals surface area contributed by atoms with Crippen molar-refractivity contribution in [3.8, 4) is 0 Å². The van der Waals surface area contributed by atoms with E-state index < -0.39 is 0 Å². The van der Waals surface area contributed by atoms with Crippen molar-refractivity contribution in [2.24, 2.45) is 5.92 Å². The maximum absolute atomic E-state index is 12.6. The van der Waals surface area contributed by atoms with Gasteiger partial charge in [0.1, 0.15) is 11.0 Å². The molecule has 1 unspecified atom stereocenters. The van der Waals surface area contributed by atoms with E-state index >= 15 is 0 Å². The Labute approximate surface area is 151 Å². The van der Waals surface area contributed by atoms with Crippen LogP contribution < -0.4 is 5.32 Å². The molecule has 1 saturated heterocycles. The van der Waals surface area contributed by atoms with Crippen LogP contribution in [0, 0.1) is 12.8 Å². The summed E-state index contributed by atoms with van der Waals surface area (Å²) in [5.41, 5.74) is 1.40. The van der Waals surface area contributed by atoms with Crippen molar-refractivity contribution in [3.05, 3.63) is 52.9 Å². The van der Waals surface area contributed by atoms with Gasteiger partial charge in [-0.2, -0.15) is 0 Å². The fourth-order valence-electron chi connectivity index (χ4n) is 2.93. The second kappa shape index (κ2) is 7.61. The van der Waals surface area contributed by atoms with E-state index in [9.17, 15) is 9.59 Å². The minimum absolute atomic E-state index is 0.105. The molecule has 0 bridgehead atoms. The van der Waals surface area contributed by atoms with Crippen molar-refractivity contribution < 1.29 is 9.59 Å². The fraction of sp³-hybridized carbons (Fsp3) is 0.333. The van der Waals surface area contributed by atoms with Crippen LogP contribution >= 0.6 is 11.6 Å². The van der Waals surface area contributed by atoms with Crippen molar-refractivity contribution in [2.75, 3.05) is 18.4 Å². The number of carbonyl (C=O) groups is 2. The smallest absolute Gasteiger partial charge is 0.254 e. The Morgan fingerprint density at radius 3 is 2.88 bits per heavy atom. The number of hydrogen-bond acceptors (Lipinski definition) is 4. The zero-order chi connectivity index (χ0) is 17.8. The van der Waals surface area contributed by atoms with Crippen molar-refractivity contribution in [1.29, 1.82) is 0 Å². The molecular weight excluding hydrogens is 340 g/mol. The van der Waals surface area contributed by atoms with Crippen molar-refractivity contribution in [3.63, 3.8) is 0 Å². The molecule has 1 fully saturated rings. The van der Waals surface area contributed by atoms with Gasteiger partial charge >= 0.3 is 0 Å². The number of pyridine rings is 2. The molecule has 2 amide bonds. The number of rotatable bonds is 3. The number of nitrogens with zero attached hydrogens (tertiary/aromatic N) is 3. The SMILES string of the molecule is Cc1cccnc1NC(=O)C1CCCN(C(=O)c2ccnc(Cl)c2)C1. The minimum atomic E-state index is -0.253. The average Bonchev–Trinajstić information content (AvgIpc) is 2.63. The molecule has 3 heterocycles. The largest absolute Gasteiger partial charge is 0.338 e. The highest BCUT2D eigenvalue weighted by Gasteiger charge is 2.29. The number of halogens is 1. The van der Waals surface area contributed by atoms with E-state index in [-0.39, 0.29) is 22.9 Å². The number of carbonyl (C=O) groups excluding carboxylic acids is 2. The quantitative estimate of drug-likeness (QED) is 0.856. The molecular formula is C18H19ClN4O2. The molecule has 0 spiro atoms. The predicted octanol–water partition coefficient (Wildman–Crippen LogP) is 2.93. The highest BCUT2D eigenvalue weighted by atomic mass is 35.5. The molecule has 1 N–H and O–H groups in total. The van der Waals surface area contributed by atoms with Gasteiger partial charge in [0.05, 0.1) is 5.92 Å². The second-order valence-electron chi connectivity index (χ2n) is 6.12. The summed E-state index contributed by atoms with van der Waals surface area (Å²) in [6.45, 7) is 2.91. The number of likely N-dealkylation sites (tertiary alicyclic amines) is 1. The molecule has 2 aromatic rings. The van der Waals surface area contributed by atoms with Gasteiger partial charge in [-0.15, -0.1) is 0 Å². The Balaban J connectivity index is 1.67. The zero-order valence-electron chi connectivity index (χ0n) is 13.9.